The second-order valence-electron chi connectivity index (χ2n) is 4.82. The highest BCUT2D eigenvalue weighted by atomic mass is 35.5. The molecule has 1 aromatic carbocycles. The number of hydrogen-bond donors (Lipinski definition) is 0. The van der Waals surface area contributed by atoms with Crippen molar-refractivity contribution in [2.24, 2.45) is 0 Å². The van der Waals surface area contributed by atoms with Crippen LogP contribution in [0.2, 0.25) is 5.02 Å². The minimum Gasteiger partial charge on any atom is -0.349 e. The third-order valence-electron chi connectivity index (χ3n) is 3.08. The standard InChI is InChI=1S/C16H16ClN3/c1-12(2)20(11-13-6-4-3-5-7-13)16-15(17)14(10-18)8-9-19-16/h3-9,12H,11H2,1-2H3. The number of hydrogen-bond acceptors (Lipinski definition) is 3. The Bertz CT molecular complexity index is 617. The molecule has 0 fully saturated rings. The average Bonchev–Trinajstić information content (AvgIpc) is 2.46. The van der Waals surface area contributed by atoms with Gasteiger partial charge in [-0.3, -0.25) is 0 Å². The van der Waals surface area contributed by atoms with Gasteiger partial charge in [-0.25, -0.2) is 4.98 Å². The molecular formula is C16H16ClN3. The lowest BCUT2D eigenvalue weighted by Crippen LogP contribution is -2.31. The Morgan fingerprint density at radius 1 is 1.25 bits per heavy atom. The van der Waals surface area contributed by atoms with Crippen molar-refractivity contribution in [3.63, 3.8) is 0 Å². The molecule has 102 valence electrons. The highest BCUT2D eigenvalue weighted by molar-refractivity contribution is 6.34. The summed E-state index contributed by atoms with van der Waals surface area (Å²) in [5.41, 5.74) is 1.64. The highest BCUT2D eigenvalue weighted by Crippen LogP contribution is 2.29. The normalized spacial score (nSPS) is 10.3. The van der Waals surface area contributed by atoms with Crippen molar-refractivity contribution in [2.75, 3.05) is 4.90 Å². The molecule has 2 aromatic rings. The van der Waals surface area contributed by atoms with Crippen molar-refractivity contribution in [1.29, 1.82) is 5.26 Å². The third-order valence-corrected chi connectivity index (χ3v) is 3.46. The molecule has 1 aromatic heterocycles. The maximum absolute atomic E-state index is 9.07. The van der Waals surface area contributed by atoms with E-state index in [2.05, 4.69) is 41.9 Å². The Labute approximate surface area is 124 Å². The van der Waals surface area contributed by atoms with E-state index in [0.717, 1.165) is 0 Å². The van der Waals surface area contributed by atoms with Crippen molar-refractivity contribution in [3.05, 3.63) is 58.7 Å². The van der Waals surface area contributed by atoms with Gasteiger partial charge in [-0.1, -0.05) is 41.9 Å². The quantitative estimate of drug-likeness (QED) is 0.852. The monoisotopic (exact) mass is 285 g/mol. The molecule has 20 heavy (non-hydrogen) atoms. The lowest BCUT2D eigenvalue weighted by Gasteiger charge is -2.29. The minimum atomic E-state index is 0.231. The fourth-order valence-corrected chi connectivity index (χ4v) is 2.26. The lowest BCUT2D eigenvalue weighted by atomic mass is 10.1. The van der Waals surface area contributed by atoms with Crippen LogP contribution in [0.5, 0.6) is 0 Å². The predicted molar refractivity (Wildman–Crippen MR) is 81.7 cm³/mol. The molecule has 0 amide bonds. The molecule has 0 bridgehead atoms. The van der Waals surface area contributed by atoms with E-state index in [-0.39, 0.29) is 6.04 Å². The summed E-state index contributed by atoms with van der Waals surface area (Å²) in [5.74, 6) is 0.657. The molecule has 0 radical (unpaired) electrons. The van der Waals surface area contributed by atoms with Crippen LogP contribution >= 0.6 is 11.6 Å². The second kappa shape index (κ2) is 6.40. The molecule has 0 aliphatic carbocycles. The van der Waals surface area contributed by atoms with Gasteiger partial charge in [0.2, 0.25) is 0 Å². The van der Waals surface area contributed by atoms with Crippen LogP contribution < -0.4 is 4.90 Å². The summed E-state index contributed by atoms with van der Waals surface area (Å²) in [5, 5.41) is 9.49. The summed E-state index contributed by atoms with van der Waals surface area (Å²) >= 11 is 6.29. The molecule has 4 heteroatoms. The van der Waals surface area contributed by atoms with Crippen LogP contribution in [-0.4, -0.2) is 11.0 Å². The molecule has 2 rings (SSSR count). The second-order valence-corrected chi connectivity index (χ2v) is 5.19. The number of benzene rings is 1. The fourth-order valence-electron chi connectivity index (χ4n) is 2.00. The van der Waals surface area contributed by atoms with Crippen molar-refractivity contribution in [3.8, 4) is 6.07 Å². The molecular weight excluding hydrogens is 270 g/mol. The van der Waals surface area contributed by atoms with Crippen LogP contribution in [0.4, 0.5) is 5.82 Å². The van der Waals surface area contributed by atoms with Crippen LogP contribution in [0.15, 0.2) is 42.6 Å². The van der Waals surface area contributed by atoms with Crippen LogP contribution in [-0.2, 0) is 6.54 Å². The van der Waals surface area contributed by atoms with Gasteiger partial charge >= 0.3 is 0 Å². The summed E-state index contributed by atoms with van der Waals surface area (Å²) in [6.07, 6.45) is 1.63. The molecule has 0 atom stereocenters. The number of pyridine rings is 1. The van der Waals surface area contributed by atoms with Gasteiger partial charge in [0, 0.05) is 18.8 Å². The maximum Gasteiger partial charge on any atom is 0.149 e. The first kappa shape index (κ1) is 14.4. The van der Waals surface area contributed by atoms with Gasteiger partial charge in [0.15, 0.2) is 0 Å². The lowest BCUT2D eigenvalue weighted by molar-refractivity contribution is 0.672. The molecule has 0 saturated heterocycles. The highest BCUT2D eigenvalue weighted by Gasteiger charge is 2.17. The van der Waals surface area contributed by atoms with Gasteiger partial charge in [-0.2, -0.15) is 5.26 Å². The number of aromatic nitrogens is 1. The van der Waals surface area contributed by atoms with E-state index >= 15 is 0 Å². The molecule has 0 aliphatic rings. The van der Waals surface area contributed by atoms with E-state index in [1.807, 2.05) is 18.2 Å². The third kappa shape index (κ3) is 3.09. The molecule has 0 aliphatic heterocycles. The van der Waals surface area contributed by atoms with E-state index < -0.39 is 0 Å². The van der Waals surface area contributed by atoms with Gasteiger partial charge in [0.05, 0.1) is 5.56 Å². The number of nitriles is 1. The molecule has 0 spiro atoms. The summed E-state index contributed by atoms with van der Waals surface area (Å²) in [6, 6.07) is 14.1. The topological polar surface area (TPSA) is 39.9 Å². The van der Waals surface area contributed by atoms with Crippen molar-refractivity contribution >= 4 is 17.4 Å². The minimum absolute atomic E-state index is 0.231. The Kier molecular flexibility index (Phi) is 4.60. The fraction of sp³-hybridized carbons (Fsp3) is 0.250. The predicted octanol–water partition coefficient (Wildman–Crippen LogP) is 4.02. The van der Waals surface area contributed by atoms with Gasteiger partial charge < -0.3 is 4.90 Å². The van der Waals surface area contributed by atoms with E-state index in [4.69, 9.17) is 16.9 Å². The van der Waals surface area contributed by atoms with Crippen LogP contribution in [0.25, 0.3) is 0 Å². The molecule has 0 unspecified atom stereocenters. The first-order chi connectivity index (χ1) is 9.63. The molecule has 0 saturated carbocycles. The zero-order chi connectivity index (χ0) is 14.5. The van der Waals surface area contributed by atoms with Crippen LogP contribution in [0, 0.1) is 11.3 Å². The Morgan fingerprint density at radius 2 is 1.95 bits per heavy atom. The summed E-state index contributed by atoms with van der Waals surface area (Å²) < 4.78 is 0. The SMILES string of the molecule is CC(C)N(Cc1ccccc1)c1nccc(C#N)c1Cl. The largest absolute Gasteiger partial charge is 0.349 e. The number of rotatable bonds is 4. The first-order valence-electron chi connectivity index (χ1n) is 6.48. The van der Waals surface area contributed by atoms with Crippen LogP contribution in [0.1, 0.15) is 25.0 Å². The Balaban J connectivity index is 2.37. The van der Waals surface area contributed by atoms with Gasteiger partial charge in [0.25, 0.3) is 0 Å². The Morgan fingerprint density at radius 3 is 2.55 bits per heavy atom. The molecule has 0 N–H and O–H groups in total. The van der Waals surface area contributed by atoms with E-state index in [9.17, 15) is 0 Å². The Hall–Kier alpha value is -2.05. The maximum atomic E-state index is 9.07. The summed E-state index contributed by atoms with van der Waals surface area (Å²) in [6.45, 7) is 4.88. The first-order valence-corrected chi connectivity index (χ1v) is 6.86. The van der Waals surface area contributed by atoms with Gasteiger partial charge in [-0.05, 0) is 25.5 Å². The van der Waals surface area contributed by atoms with Crippen molar-refractivity contribution in [1.82, 2.24) is 4.98 Å². The van der Waals surface area contributed by atoms with E-state index in [1.165, 1.54) is 5.56 Å². The van der Waals surface area contributed by atoms with Gasteiger partial charge in [-0.15, -0.1) is 0 Å². The smallest absolute Gasteiger partial charge is 0.149 e. The van der Waals surface area contributed by atoms with Crippen molar-refractivity contribution in [2.45, 2.75) is 26.4 Å². The molecule has 3 nitrogen and oxygen atoms in total. The van der Waals surface area contributed by atoms with Crippen molar-refractivity contribution < 1.29 is 0 Å². The summed E-state index contributed by atoms with van der Waals surface area (Å²) in [4.78, 5) is 6.44. The number of halogens is 1. The van der Waals surface area contributed by atoms with E-state index in [0.29, 0.717) is 22.9 Å². The molecule has 1 heterocycles. The zero-order valence-electron chi connectivity index (χ0n) is 11.5. The summed E-state index contributed by atoms with van der Waals surface area (Å²) in [7, 11) is 0. The van der Waals surface area contributed by atoms with Gasteiger partial charge in [0.1, 0.15) is 16.9 Å². The number of nitrogens with zero attached hydrogens (tertiary/aromatic N) is 3. The zero-order valence-corrected chi connectivity index (χ0v) is 12.3. The van der Waals surface area contributed by atoms with Crippen LogP contribution in [0.3, 0.4) is 0 Å². The average molecular weight is 286 g/mol. The van der Waals surface area contributed by atoms with E-state index in [1.54, 1.807) is 12.3 Å². The number of anilines is 1.